The molecule has 1 aliphatic heterocycles. The number of rotatable bonds is 3. The largest absolute Gasteiger partial charge is 0.508 e. The van der Waals surface area contributed by atoms with E-state index in [0.717, 1.165) is 11.1 Å². The van der Waals surface area contributed by atoms with Crippen LogP contribution in [0.1, 0.15) is 11.1 Å². The van der Waals surface area contributed by atoms with Crippen LogP contribution >= 0.6 is 0 Å². The van der Waals surface area contributed by atoms with Gasteiger partial charge in [-0.3, -0.25) is 9.59 Å². The highest BCUT2D eigenvalue weighted by molar-refractivity contribution is 5.87. The first-order valence-corrected chi connectivity index (χ1v) is 5.66. The SMILES string of the molecule is NC(=O)CNC(=O)[C@@H]1Cc2ccc(O)cc2CN1. The van der Waals surface area contributed by atoms with Gasteiger partial charge in [-0.15, -0.1) is 0 Å². The minimum Gasteiger partial charge on any atom is -0.508 e. The smallest absolute Gasteiger partial charge is 0.237 e. The van der Waals surface area contributed by atoms with Crippen LogP contribution in [0.3, 0.4) is 0 Å². The zero-order chi connectivity index (χ0) is 13.1. The first-order valence-electron chi connectivity index (χ1n) is 5.66. The molecule has 0 radical (unpaired) electrons. The van der Waals surface area contributed by atoms with E-state index in [1.54, 1.807) is 18.2 Å². The summed E-state index contributed by atoms with van der Waals surface area (Å²) in [6.45, 7) is 0.359. The molecular formula is C12H15N3O3. The second kappa shape index (κ2) is 5.05. The van der Waals surface area contributed by atoms with Crippen LogP contribution in [0.2, 0.25) is 0 Å². The Labute approximate surface area is 104 Å². The third-order valence-electron chi connectivity index (χ3n) is 2.91. The average molecular weight is 249 g/mol. The first-order chi connectivity index (χ1) is 8.56. The van der Waals surface area contributed by atoms with Gasteiger partial charge in [-0.05, 0) is 29.7 Å². The van der Waals surface area contributed by atoms with Gasteiger partial charge in [0.25, 0.3) is 0 Å². The molecule has 0 fully saturated rings. The molecule has 0 saturated heterocycles. The number of nitrogens with two attached hydrogens (primary N) is 1. The molecule has 96 valence electrons. The van der Waals surface area contributed by atoms with Crippen molar-refractivity contribution in [1.82, 2.24) is 10.6 Å². The Morgan fingerprint density at radius 2 is 2.22 bits per heavy atom. The lowest BCUT2D eigenvalue weighted by molar-refractivity contribution is -0.126. The predicted octanol–water partition coefficient (Wildman–Crippen LogP) is -0.992. The third-order valence-corrected chi connectivity index (χ3v) is 2.91. The highest BCUT2D eigenvalue weighted by Crippen LogP contribution is 2.21. The molecule has 1 atom stereocenters. The summed E-state index contributed by atoms with van der Waals surface area (Å²) in [4.78, 5) is 22.3. The van der Waals surface area contributed by atoms with Crippen molar-refractivity contribution >= 4 is 11.8 Å². The second-order valence-electron chi connectivity index (χ2n) is 4.27. The minimum atomic E-state index is -0.565. The summed E-state index contributed by atoms with van der Waals surface area (Å²) in [7, 11) is 0. The fourth-order valence-corrected chi connectivity index (χ4v) is 1.98. The van der Waals surface area contributed by atoms with Gasteiger partial charge in [-0.1, -0.05) is 6.07 Å². The van der Waals surface area contributed by atoms with E-state index in [4.69, 9.17) is 5.73 Å². The number of primary amides is 1. The van der Waals surface area contributed by atoms with Crippen LogP contribution in [0.25, 0.3) is 0 Å². The van der Waals surface area contributed by atoms with Crippen molar-refractivity contribution in [3.05, 3.63) is 29.3 Å². The number of phenolic OH excluding ortho intramolecular Hbond substituents is 1. The van der Waals surface area contributed by atoms with Crippen LogP contribution in [-0.2, 0) is 22.6 Å². The number of nitrogens with one attached hydrogen (secondary N) is 2. The molecule has 6 nitrogen and oxygen atoms in total. The molecule has 2 rings (SSSR count). The Kier molecular flexibility index (Phi) is 3.47. The molecule has 1 aromatic rings. The van der Waals surface area contributed by atoms with Crippen molar-refractivity contribution in [3.63, 3.8) is 0 Å². The van der Waals surface area contributed by atoms with E-state index in [1.807, 2.05) is 0 Å². The number of aromatic hydroxyl groups is 1. The van der Waals surface area contributed by atoms with Crippen molar-refractivity contribution in [2.24, 2.45) is 5.73 Å². The molecule has 18 heavy (non-hydrogen) atoms. The molecule has 0 saturated carbocycles. The van der Waals surface area contributed by atoms with Crippen molar-refractivity contribution < 1.29 is 14.7 Å². The number of phenols is 1. The van der Waals surface area contributed by atoms with Crippen LogP contribution in [0.15, 0.2) is 18.2 Å². The van der Waals surface area contributed by atoms with Gasteiger partial charge in [0.15, 0.2) is 0 Å². The Balaban J connectivity index is 2.01. The molecule has 0 bridgehead atoms. The Morgan fingerprint density at radius 3 is 2.94 bits per heavy atom. The number of carbonyl (C=O) groups is 2. The Bertz CT molecular complexity index is 487. The maximum Gasteiger partial charge on any atom is 0.237 e. The summed E-state index contributed by atoms with van der Waals surface area (Å²) in [6.07, 6.45) is 0.528. The maximum atomic E-state index is 11.7. The van der Waals surface area contributed by atoms with Gasteiger partial charge in [0.05, 0.1) is 12.6 Å². The molecule has 2 amide bonds. The molecule has 1 aromatic carbocycles. The van der Waals surface area contributed by atoms with E-state index in [1.165, 1.54) is 0 Å². The minimum absolute atomic E-state index is 0.153. The van der Waals surface area contributed by atoms with Crippen LogP contribution < -0.4 is 16.4 Å². The molecule has 0 aliphatic carbocycles. The zero-order valence-corrected chi connectivity index (χ0v) is 9.77. The van der Waals surface area contributed by atoms with Gasteiger partial charge < -0.3 is 21.5 Å². The fourth-order valence-electron chi connectivity index (χ4n) is 1.98. The molecule has 1 heterocycles. The summed E-state index contributed by atoms with van der Waals surface area (Å²) in [5.74, 6) is -0.593. The Hall–Kier alpha value is -2.08. The molecule has 6 heteroatoms. The second-order valence-corrected chi connectivity index (χ2v) is 4.27. The Morgan fingerprint density at radius 1 is 1.44 bits per heavy atom. The number of carbonyl (C=O) groups excluding carboxylic acids is 2. The molecule has 0 unspecified atom stereocenters. The predicted molar refractivity (Wildman–Crippen MR) is 64.6 cm³/mol. The quantitative estimate of drug-likeness (QED) is 0.552. The number of fused-ring (bicyclic) bond motifs is 1. The zero-order valence-electron chi connectivity index (χ0n) is 9.77. The van der Waals surface area contributed by atoms with Crippen molar-refractivity contribution in [2.75, 3.05) is 6.54 Å². The van der Waals surface area contributed by atoms with E-state index >= 15 is 0 Å². The lowest BCUT2D eigenvalue weighted by Gasteiger charge is -2.25. The third kappa shape index (κ3) is 2.78. The average Bonchev–Trinajstić information content (AvgIpc) is 2.35. The van der Waals surface area contributed by atoms with E-state index in [0.29, 0.717) is 13.0 Å². The van der Waals surface area contributed by atoms with Gasteiger partial charge in [0, 0.05) is 6.54 Å². The molecule has 0 aromatic heterocycles. The van der Waals surface area contributed by atoms with Crippen LogP contribution in [-0.4, -0.2) is 29.5 Å². The molecule has 0 spiro atoms. The van der Waals surface area contributed by atoms with Gasteiger partial charge in [-0.25, -0.2) is 0 Å². The van der Waals surface area contributed by atoms with Gasteiger partial charge in [0.1, 0.15) is 5.75 Å². The first kappa shape index (κ1) is 12.4. The molecule has 1 aliphatic rings. The monoisotopic (exact) mass is 249 g/mol. The fraction of sp³-hybridized carbons (Fsp3) is 0.333. The number of hydrogen-bond acceptors (Lipinski definition) is 4. The topological polar surface area (TPSA) is 104 Å². The van der Waals surface area contributed by atoms with Crippen molar-refractivity contribution in [2.45, 2.75) is 19.0 Å². The van der Waals surface area contributed by atoms with Crippen LogP contribution in [0.4, 0.5) is 0 Å². The lowest BCUT2D eigenvalue weighted by Crippen LogP contribution is -2.49. The molecular weight excluding hydrogens is 234 g/mol. The van der Waals surface area contributed by atoms with Crippen LogP contribution in [0, 0.1) is 0 Å². The summed E-state index contributed by atoms with van der Waals surface area (Å²) >= 11 is 0. The summed E-state index contributed by atoms with van der Waals surface area (Å²) in [6, 6.07) is 4.71. The van der Waals surface area contributed by atoms with E-state index in [2.05, 4.69) is 10.6 Å². The lowest BCUT2D eigenvalue weighted by atomic mass is 9.95. The van der Waals surface area contributed by atoms with E-state index in [9.17, 15) is 14.7 Å². The summed E-state index contributed by atoms with van der Waals surface area (Å²) in [5, 5.41) is 14.9. The number of hydrogen-bond donors (Lipinski definition) is 4. The van der Waals surface area contributed by atoms with Crippen molar-refractivity contribution in [3.8, 4) is 5.75 Å². The molecule has 5 N–H and O–H groups in total. The van der Waals surface area contributed by atoms with Gasteiger partial charge >= 0.3 is 0 Å². The summed E-state index contributed by atoms with van der Waals surface area (Å²) < 4.78 is 0. The highest BCUT2D eigenvalue weighted by Gasteiger charge is 2.24. The number of amides is 2. The van der Waals surface area contributed by atoms with E-state index < -0.39 is 5.91 Å². The summed E-state index contributed by atoms with van der Waals surface area (Å²) in [5.41, 5.74) is 6.96. The normalized spacial score (nSPS) is 17.9. The van der Waals surface area contributed by atoms with Gasteiger partial charge in [-0.2, -0.15) is 0 Å². The number of benzene rings is 1. The highest BCUT2D eigenvalue weighted by atomic mass is 16.3. The van der Waals surface area contributed by atoms with Crippen LogP contribution in [0.5, 0.6) is 5.75 Å². The van der Waals surface area contributed by atoms with Crippen molar-refractivity contribution in [1.29, 1.82) is 0 Å². The van der Waals surface area contributed by atoms with Gasteiger partial charge in [0.2, 0.25) is 11.8 Å². The standard InChI is InChI=1S/C12H15N3O3/c13-11(17)6-15-12(18)10-4-7-1-2-9(16)3-8(7)5-14-10/h1-3,10,14,16H,4-6H2,(H2,13,17)(H,15,18)/t10-/m0/s1. The maximum absolute atomic E-state index is 11.7. The van der Waals surface area contributed by atoms with E-state index in [-0.39, 0.29) is 24.2 Å².